The SMILES string of the molecule is C=CCCCCc1cccc2c1C(=O)OC2=O. The Balaban J connectivity index is 2.16. The van der Waals surface area contributed by atoms with Crippen molar-refractivity contribution in [3.63, 3.8) is 0 Å². The fourth-order valence-corrected chi connectivity index (χ4v) is 2.01. The summed E-state index contributed by atoms with van der Waals surface area (Å²) < 4.78 is 4.61. The molecule has 0 aromatic heterocycles. The van der Waals surface area contributed by atoms with Crippen molar-refractivity contribution in [1.82, 2.24) is 0 Å². The van der Waals surface area contributed by atoms with E-state index >= 15 is 0 Å². The second-order valence-electron chi connectivity index (χ2n) is 4.05. The van der Waals surface area contributed by atoms with Crippen LogP contribution < -0.4 is 0 Å². The molecule has 0 spiro atoms. The van der Waals surface area contributed by atoms with Gasteiger partial charge >= 0.3 is 11.9 Å². The van der Waals surface area contributed by atoms with Gasteiger partial charge in [-0.25, -0.2) is 9.59 Å². The van der Waals surface area contributed by atoms with Crippen molar-refractivity contribution >= 4 is 11.9 Å². The van der Waals surface area contributed by atoms with Crippen LogP contribution in [0.25, 0.3) is 0 Å². The first kappa shape index (κ1) is 11.6. The van der Waals surface area contributed by atoms with E-state index in [1.165, 1.54) is 0 Å². The van der Waals surface area contributed by atoms with Gasteiger partial charge < -0.3 is 4.74 Å². The number of benzene rings is 1. The van der Waals surface area contributed by atoms with Gasteiger partial charge in [0.1, 0.15) is 0 Å². The van der Waals surface area contributed by atoms with E-state index in [1.54, 1.807) is 12.1 Å². The van der Waals surface area contributed by atoms with Crippen LogP contribution in [-0.4, -0.2) is 11.9 Å². The highest BCUT2D eigenvalue weighted by Crippen LogP contribution is 2.24. The van der Waals surface area contributed by atoms with Crippen molar-refractivity contribution in [3.05, 3.63) is 47.5 Å². The molecule has 0 N–H and O–H groups in total. The first-order chi connectivity index (χ1) is 8.24. The fraction of sp³-hybridized carbons (Fsp3) is 0.286. The smallest absolute Gasteiger partial charge is 0.347 e. The molecule has 1 aromatic rings. The summed E-state index contributed by atoms with van der Waals surface area (Å²) in [5.74, 6) is -1.04. The Morgan fingerprint density at radius 1 is 1.18 bits per heavy atom. The number of hydrogen-bond acceptors (Lipinski definition) is 3. The summed E-state index contributed by atoms with van der Waals surface area (Å²) >= 11 is 0. The zero-order valence-electron chi connectivity index (χ0n) is 9.57. The molecule has 0 amide bonds. The van der Waals surface area contributed by atoms with Crippen molar-refractivity contribution < 1.29 is 14.3 Å². The van der Waals surface area contributed by atoms with Gasteiger partial charge in [-0.1, -0.05) is 18.2 Å². The van der Waals surface area contributed by atoms with E-state index in [4.69, 9.17) is 0 Å². The minimum atomic E-state index is -0.530. The number of carbonyl (C=O) groups excluding carboxylic acids is 2. The van der Waals surface area contributed by atoms with Gasteiger partial charge in [-0.2, -0.15) is 0 Å². The molecule has 88 valence electrons. The van der Waals surface area contributed by atoms with Crippen LogP contribution in [0.3, 0.4) is 0 Å². The minimum Gasteiger partial charge on any atom is -0.386 e. The number of hydrogen-bond donors (Lipinski definition) is 0. The van der Waals surface area contributed by atoms with Gasteiger partial charge in [-0.05, 0) is 37.3 Å². The molecule has 0 saturated carbocycles. The Bertz CT molecular complexity index is 474. The van der Waals surface area contributed by atoms with E-state index < -0.39 is 11.9 Å². The van der Waals surface area contributed by atoms with Gasteiger partial charge in [0.15, 0.2) is 0 Å². The van der Waals surface area contributed by atoms with Crippen molar-refractivity contribution in [2.45, 2.75) is 25.7 Å². The van der Waals surface area contributed by atoms with Gasteiger partial charge in [0.25, 0.3) is 0 Å². The van der Waals surface area contributed by atoms with Gasteiger partial charge in [0.2, 0.25) is 0 Å². The molecule has 17 heavy (non-hydrogen) atoms. The van der Waals surface area contributed by atoms with Gasteiger partial charge in [-0.15, -0.1) is 6.58 Å². The Hall–Kier alpha value is -1.90. The van der Waals surface area contributed by atoms with Crippen molar-refractivity contribution in [2.24, 2.45) is 0 Å². The molecule has 3 nitrogen and oxygen atoms in total. The van der Waals surface area contributed by atoms with Crippen LogP contribution >= 0.6 is 0 Å². The number of esters is 2. The minimum absolute atomic E-state index is 0.399. The average molecular weight is 230 g/mol. The molecule has 0 saturated heterocycles. The summed E-state index contributed by atoms with van der Waals surface area (Å²) in [6.45, 7) is 3.67. The third kappa shape index (κ3) is 2.28. The summed E-state index contributed by atoms with van der Waals surface area (Å²) in [6.07, 6.45) is 5.66. The first-order valence-corrected chi connectivity index (χ1v) is 5.73. The standard InChI is InChI=1S/C14H14O3/c1-2-3-4-5-7-10-8-6-9-11-12(10)14(16)17-13(11)15/h2,6,8-9H,1,3-5,7H2. The topological polar surface area (TPSA) is 43.4 Å². The lowest BCUT2D eigenvalue weighted by atomic mass is 9.98. The zero-order valence-corrected chi connectivity index (χ0v) is 9.57. The Labute approximate surface area is 100 Å². The predicted octanol–water partition coefficient (Wildman–Crippen LogP) is 2.90. The number of cyclic esters (lactones) is 2. The lowest BCUT2D eigenvalue weighted by molar-refractivity contribution is 0.0443. The largest absolute Gasteiger partial charge is 0.386 e. The van der Waals surface area contributed by atoms with Crippen LogP contribution in [0.2, 0.25) is 0 Å². The summed E-state index contributed by atoms with van der Waals surface area (Å²) in [5.41, 5.74) is 1.76. The lowest BCUT2D eigenvalue weighted by Crippen LogP contribution is -2.00. The highest BCUT2D eigenvalue weighted by molar-refractivity contribution is 6.15. The van der Waals surface area contributed by atoms with Crippen LogP contribution in [0, 0.1) is 0 Å². The molecule has 0 radical (unpaired) electrons. The number of fused-ring (bicyclic) bond motifs is 1. The van der Waals surface area contributed by atoms with E-state index in [0.29, 0.717) is 11.1 Å². The molecule has 0 bridgehead atoms. The lowest BCUT2D eigenvalue weighted by Gasteiger charge is -2.03. The number of ether oxygens (including phenoxy) is 1. The summed E-state index contributed by atoms with van der Waals surface area (Å²) in [5, 5.41) is 0. The Morgan fingerprint density at radius 2 is 2.00 bits per heavy atom. The molecule has 0 unspecified atom stereocenters. The van der Waals surface area contributed by atoms with Crippen molar-refractivity contribution in [2.75, 3.05) is 0 Å². The predicted molar refractivity (Wildman–Crippen MR) is 63.9 cm³/mol. The van der Waals surface area contributed by atoms with Crippen molar-refractivity contribution in [3.8, 4) is 0 Å². The summed E-state index contributed by atoms with van der Waals surface area (Å²) in [6, 6.07) is 5.31. The molecule has 2 rings (SSSR count). The molecule has 0 atom stereocenters. The highest BCUT2D eigenvalue weighted by Gasteiger charge is 2.31. The zero-order chi connectivity index (χ0) is 12.3. The van der Waals surface area contributed by atoms with Gasteiger partial charge in [-0.3, -0.25) is 0 Å². The number of aryl methyl sites for hydroxylation is 1. The average Bonchev–Trinajstić information content (AvgIpc) is 2.62. The first-order valence-electron chi connectivity index (χ1n) is 5.73. The van der Waals surface area contributed by atoms with E-state index in [-0.39, 0.29) is 0 Å². The highest BCUT2D eigenvalue weighted by atomic mass is 16.6. The van der Waals surface area contributed by atoms with E-state index in [2.05, 4.69) is 11.3 Å². The third-order valence-corrected chi connectivity index (χ3v) is 2.86. The maximum atomic E-state index is 11.5. The van der Waals surface area contributed by atoms with E-state index in [0.717, 1.165) is 31.2 Å². The van der Waals surface area contributed by atoms with Crippen LogP contribution in [0.15, 0.2) is 30.9 Å². The molecule has 1 aromatic carbocycles. The maximum absolute atomic E-state index is 11.5. The second kappa shape index (κ2) is 4.95. The molecule has 1 aliphatic heterocycles. The number of carbonyl (C=O) groups is 2. The fourth-order valence-electron chi connectivity index (χ4n) is 2.01. The Kier molecular flexibility index (Phi) is 3.38. The van der Waals surface area contributed by atoms with E-state index in [9.17, 15) is 9.59 Å². The van der Waals surface area contributed by atoms with Gasteiger partial charge in [0, 0.05) is 0 Å². The molecule has 0 fully saturated rings. The molecule has 3 heteroatoms. The molecule has 0 aliphatic carbocycles. The number of allylic oxidation sites excluding steroid dienone is 1. The van der Waals surface area contributed by atoms with Crippen LogP contribution in [0.5, 0.6) is 0 Å². The normalized spacial score (nSPS) is 13.4. The summed E-state index contributed by atoms with van der Waals surface area (Å²) in [4.78, 5) is 22.9. The molecule has 1 aliphatic rings. The van der Waals surface area contributed by atoms with Crippen molar-refractivity contribution in [1.29, 1.82) is 0 Å². The Morgan fingerprint density at radius 3 is 2.76 bits per heavy atom. The maximum Gasteiger partial charge on any atom is 0.347 e. The molecular weight excluding hydrogens is 216 g/mol. The number of rotatable bonds is 5. The van der Waals surface area contributed by atoms with Gasteiger partial charge in [0.05, 0.1) is 11.1 Å². The van der Waals surface area contributed by atoms with Crippen LogP contribution in [0.4, 0.5) is 0 Å². The summed E-state index contributed by atoms with van der Waals surface area (Å²) in [7, 11) is 0. The molecular formula is C14H14O3. The monoisotopic (exact) mass is 230 g/mol. The van der Waals surface area contributed by atoms with E-state index in [1.807, 2.05) is 12.1 Å². The van der Waals surface area contributed by atoms with Crippen LogP contribution in [-0.2, 0) is 11.2 Å². The quantitative estimate of drug-likeness (QED) is 0.338. The van der Waals surface area contributed by atoms with Crippen LogP contribution in [0.1, 0.15) is 45.5 Å². The molecule has 1 heterocycles. The third-order valence-electron chi connectivity index (χ3n) is 2.86. The number of unbranched alkanes of at least 4 members (excludes halogenated alkanes) is 2. The second-order valence-corrected chi connectivity index (χ2v) is 4.05.